The van der Waals surface area contributed by atoms with Crippen LogP contribution in [0, 0.1) is 5.92 Å². The van der Waals surface area contributed by atoms with E-state index in [1.54, 1.807) is 0 Å². The zero-order valence-electron chi connectivity index (χ0n) is 10.2. The number of aromatic nitrogens is 1. The van der Waals surface area contributed by atoms with E-state index in [-0.39, 0.29) is 0 Å². The molecule has 1 aliphatic rings. The molecule has 88 valence electrons. The lowest BCUT2D eigenvalue weighted by Gasteiger charge is -2.19. The SMILES string of the molecule is CCNC(c1cccc2cccnc12)C1CC1. The Morgan fingerprint density at radius 2 is 2.12 bits per heavy atom. The van der Waals surface area contributed by atoms with Crippen LogP contribution in [0.2, 0.25) is 0 Å². The Kier molecular flexibility index (Phi) is 2.81. The van der Waals surface area contributed by atoms with E-state index in [2.05, 4.69) is 41.5 Å². The fourth-order valence-corrected chi connectivity index (χ4v) is 2.56. The van der Waals surface area contributed by atoms with Crippen LogP contribution in [-0.2, 0) is 0 Å². The maximum Gasteiger partial charge on any atom is 0.0749 e. The van der Waals surface area contributed by atoms with Gasteiger partial charge in [0.1, 0.15) is 0 Å². The number of nitrogens with zero attached hydrogens (tertiary/aromatic N) is 1. The van der Waals surface area contributed by atoms with Crippen LogP contribution in [0.5, 0.6) is 0 Å². The summed E-state index contributed by atoms with van der Waals surface area (Å²) in [5.74, 6) is 0.808. The summed E-state index contributed by atoms with van der Waals surface area (Å²) in [6, 6.07) is 11.1. The largest absolute Gasteiger partial charge is 0.310 e. The molecular formula is C15H18N2. The second-order valence-electron chi connectivity index (χ2n) is 4.80. The number of fused-ring (bicyclic) bond motifs is 1. The van der Waals surface area contributed by atoms with Crippen LogP contribution in [0.25, 0.3) is 10.9 Å². The van der Waals surface area contributed by atoms with Crippen molar-refractivity contribution in [1.29, 1.82) is 0 Å². The monoisotopic (exact) mass is 226 g/mol. The molecule has 1 N–H and O–H groups in total. The molecule has 1 saturated carbocycles. The van der Waals surface area contributed by atoms with Gasteiger partial charge in [0.2, 0.25) is 0 Å². The van der Waals surface area contributed by atoms with E-state index < -0.39 is 0 Å². The zero-order chi connectivity index (χ0) is 11.7. The predicted molar refractivity (Wildman–Crippen MR) is 70.9 cm³/mol. The fraction of sp³-hybridized carbons (Fsp3) is 0.400. The Hall–Kier alpha value is -1.41. The van der Waals surface area contributed by atoms with E-state index >= 15 is 0 Å². The lowest BCUT2D eigenvalue weighted by Crippen LogP contribution is -2.23. The van der Waals surface area contributed by atoms with Gasteiger partial charge in [-0.05, 0) is 36.9 Å². The molecule has 1 aliphatic carbocycles. The summed E-state index contributed by atoms with van der Waals surface area (Å²) in [4.78, 5) is 4.55. The summed E-state index contributed by atoms with van der Waals surface area (Å²) in [5, 5.41) is 4.86. The highest BCUT2D eigenvalue weighted by molar-refractivity contribution is 5.82. The van der Waals surface area contributed by atoms with Gasteiger partial charge in [-0.3, -0.25) is 4.98 Å². The van der Waals surface area contributed by atoms with Crippen molar-refractivity contribution >= 4 is 10.9 Å². The first-order chi connectivity index (χ1) is 8.40. The van der Waals surface area contributed by atoms with Crippen molar-refractivity contribution in [2.45, 2.75) is 25.8 Å². The third-order valence-electron chi connectivity index (χ3n) is 3.52. The van der Waals surface area contributed by atoms with Gasteiger partial charge in [-0.25, -0.2) is 0 Å². The first-order valence-corrected chi connectivity index (χ1v) is 6.47. The number of nitrogens with one attached hydrogen (secondary N) is 1. The van der Waals surface area contributed by atoms with Crippen molar-refractivity contribution in [3.8, 4) is 0 Å². The van der Waals surface area contributed by atoms with E-state index in [0.29, 0.717) is 6.04 Å². The van der Waals surface area contributed by atoms with Gasteiger partial charge in [-0.15, -0.1) is 0 Å². The van der Waals surface area contributed by atoms with Crippen molar-refractivity contribution in [1.82, 2.24) is 10.3 Å². The molecule has 0 bridgehead atoms. The third kappa shape index (κ3) is 2.05. The maximum atomic E-state index is 4.55. The summed E-state index contributed by atoms with van der Waals surface area (Å²) >= 11 is 0. The normalized spacial score (nSPS) is 17.2. The predicted octanol–water partition coefficient (Wildman–Crippen LogP) is 3.30. The van der Waals surface area contributed by atoms with Crippen LogP contribution < -0.4 is 5.32 Å². The quantitative estimate of drug-likeness (QED) is 0.865. The summed E-state index contributed by atoms with van der Waals surface area (Å²) in [5.41, 5.74) is 2.53. The average molecular weight is 226 g/mol. The van der Waals surface area contributed by atoms with Crippen molar-refractivity contribution in [3.05, 3.63) is 42.1 Å². The zero-order valence-corrected chi connectivity index (χ0v) is 10.2. The van der Waals surface area contributed by atoms with Crippen molar-refractivity contribution < 1.29 is 0 Å². The minimum Gasteiger partial charge on any atom is -0.310 e. The molecule has 0 radical (unpaired) electrons. The molecule has 1 fully saturated rings. The van der Waals surface area contributed by atoms with Crippen LogP contribution >= 0.6 is 0 Å². The molecule has 1 atom stereocenters. The van der Waals surface area contributed by atoms with Crippen LogP contribution in [0.1, 0.15) is 31.4 Å². The van der Waals surface area contributed by atoms with Gasteiger partial charge in [-0.1, -0.05) is 31.2 Å². The highest BCUT2D eigenvalue weighted by Crippen LogP contribution is 2.42. The maximum absolute atomic E-state index is 4.55. The molecule has 2 heteroatoms. The highest BCUT2D eigenvalue weighted by Gasteiger charge is 2.32. The minimum absolute atomic E-state index is 0.485. The number of benzene rings is 1. The molecular weight excluding hydrogens is 208 g/mol. The van der Waals surface area contributed by atoms with Crippen molar-refractivity contribution in [2.24, 2.45) is 5.92 Å². The highest BCUT2D eigenvalue weighted by atomic mass is 14.9. The van der Waals surface area contributed by atoms with Crippen molar-refractivity contribution in [3.63, 3.8) is 0 Å². The van der Waals surface area contributed by atoms with E-state index in [4.69, 9.17) is 0 Å². The van der Waals surface area contributed by atoms with Crippen LogP contribution in [0.4, 0.5) is 0 Å². The molecule has 0 aliphatic heterocycles. The first kappa shape index (κ1) is 10.7. The van der Waals surface area contributed by atoms with Gasteiger partial charge < -0.3 is 5.32 Å². The molecule has 2 nitrogen and oxygen atoms in total. The van der Waals surface area contributed by atoms with Crippen LogP contribution in [0.3, 0.4) is 0 Å². The number of para-hydroxylation sites is 1. The lowest BCUT2D eigenvalue weighted by atomic mass is 9.99. The molecule has 1 aromatic heterocycles. The molecule has 17 heavy (non-hydrogen) atoms. The number of hydrogen-bond donors (Lipinski definition) is 1. The number of hydrogen-bond acceptors (Lipinski definition) is 2. The Labute approximate surface area is 102 Å². The molecule has 3 rings (SSSR count). The molecule has 1 aromatic carbocycles. The number of pyridine rings is 1. The van der Waals surface area contributed by atoms with Gasteiger partial charge in [0.25, 0.3) is 0 Å². The lowest BCUT2D eigenvalue weighted by molar-refractivity contribution is 0.498. The third-order valence-corrected chi connectivity index (χ3v) is 3.52. The molecule has 0 amide bonds. The molecule has 2 aromatic rings. The molecule has 1 heterocycles. The van der Waals surface area contributed by atoms with E-state index in [1.807, 2.05) is 12.3 Å². The average Bonchev–Trinajstić information content (AvgIpc) is 3.20. The van der Waals surface area contributed by atoms with Gasteiger partial charge in [0.05, 0.1) is 5.52 Å². The molecule has 1 unspecified atom stereocenters. The smallest absolute Gasteiger partial charge is 0.0749 e. The van der Waals surface area contributed by atoms with Crippen LogP contribution in [0.15, 0.2) is 36.5 Å². The first-order valence-electron chi connectivity index (χ1n) is 6.47. The molecule has 0 saturated heterocycles. The Balaban J connectivity index is 2.08. The van der Waals surface area contributed by atoms with Gasteiger partial charge in [0, 0.05) is 17.6 Å². The summed E-state index contributed by atoms with van der Waals surface area (Å²) < 4.78 is 0. The van der Waals surface area contributed by atoms with E-state index in [0.717, 1.165) is 18.0 Å². The Morgan fingerprint density at radius 3 is 2.88 bits per heavy atom. The Morgan fingerprint density at radius 1 is 1.29 bits per heavy atom. The van der Waals surface area contributed by atoms with Gasteiger partial charge >= 0.3 is 0 Å². The second-order valence-corrected chi connectivity index (χ2v) is 4.80. The van der Waals surface area contributed by atoms with Gasteiger partial charge in [0.15, 0.2) is 0 Å². The van der Waals surface area contributed by atoms with Crippen molar-refractivity contribution in [2.75, 3.05) is 6.54 Å². The standard InChI is InChI=1S/C15H18N2/c1-2-16-14(12-8-9-12)13-7-3-5-11-6-4-10-17-15(11)13/h3-7,10,12,14,16H,2,8-9H2,1H3. The Bertz CT molecular complexity index is 512. The van der Waals surface area contributed by atoms with E-state index in [9.17, 15) is 0 Å². The number of rotatable bonds is 4. The van der Waals surface area contributed by atoms with Gasteiger partial charge in [-0.2, -0.15) is 0 Å². The summed E-state index contributed by atoms with van der Waals surface area (Å²) in [6.45, 7) is 3.19. The summed E-state index contributed by atoms with van der Waals surface area (Å²) in [7, 11) is 0. The molecule has 0 spiro atoms. The minimum atomic E-state index is 0.485. The fourth-order valence-electron chi connectivity index (χ4n) is 2.56. The van der Waals surface area contributed by atoms with Crippen LogP contribution in [-0.4, -0.2) is 11.5 Å². The topological polar surface area (TPSA) is 24.9 Å². The van der Waals surface area contributed by atoms with E-state index in [1.165, 1.54) is 23.8 Å². The second kappa shape index (κ2) is 4.46. The summed E-state index contributed by atoms with van der Waals surface area (Å²) in [6.07, 6.45) is 4.59.